The second-order valence-corrected chi connectivity index (χ2v) is 9.98. The number of hydrogen-bond donors (Lipinski definition) is 2. The zero-order valence-corrected chi connectivity index (χ0v) is 17.6. The van der Waals surface area contributed by atoms with Crippen molar-refractivity contribution in [3.63, 3.8) is 0 Å². The van der Waals surface area contributed by atoms with Crippen LogP contribution in [0.5, 0.6) is 5.75 Å². The van der Waals surface area contributed by atoms with Crippen LogP contribution in [0, 0.1) is 11.7 Å². The molecule has 2 amide bonds. The predicted molar refractivity (Wildman–Crippen MR) is 110 cm³/mol. The van der Waals surface area contributed by atoms with Crippen molar-refractivity contribution < 1.29 is 18.7 Å². The SMILES string of the molecule is O=C(COc1ccc(Cl)c(F)c1)NC12CC(NC(=O)C3CC4CCCCN4C3)(C1)C2. The predicted octanol–water partition coefficient (Wildman–Crippen LogP) is 2.64. The van der Waals surface area contributed by atoms with E-state index < -0.39 is 5.82 Å². The van der Waals surface area contributed by atoms with Crippen molar-refractivity contribution in [2.75, 3.05) is 19.7 Å². The van der Waals surface area contributed by atoms with Gasteiger partial charge in [-0.3, -0.25) is 14.5 Å². The lowest BCUT2D eigenvalue weighted by Gasteiger charge is -2.70. The van der Waals surface area contributed by atoms with Crippen molar-refractivity contribution in [3.8, 4) is 5.75 Å². The summed E-state index contributed by atoms with van der Waals surface area (Å²) in [6, 6.07) is 4.67. The average Bonchev–Trinajstić information content (AvgIpc) is 3.10. The molecule has 2 heterocycles. The van der Waals surface area contributed by atoms with Crippen LogP contribution in [0.3, 0.4) is 0 Å². The van der Waals surface area contributed by atoms with Crippen LogP contribution in [0.4, 0.5) is 4.39 Å². The molecule has 2 aliphatic heterocycles. The van der Waals surface area contributed by atoms with E-state index in [1.165, 1.54) is 31.4 Å². The van der Waals surface area contributed by atoms with E-state index in [-0.39, 0.29) is 46.2 Å². The molecule has 2 unspecified atom stereocenters. The van der Waals surface area contributed by atoms with E-state index >= 15 is 0 Å². The Kier molecular flexibility index (Phi) is 4.93. The van der Waals surface area contributed by atoms with Gasteiger partial charge in [-0.1, -0.05) is 18.0 Å². The molecule has 1 aromatic carbocycles. The number of amides is 2. The maximum atomic E-state index is 13.4. The van der Waals surface area contributed by atoms with Crippen LogP contribution >= 0.6 is 11.6 Å². The number of piperidine rings is 1. The highest BCUT2D eigenvalue weighted by Crippen LogP contribution is 2.60. The van der Waals surface area contributed by atoms with Crippen molar-refractivity contribution in [2.24, 2.45) is 5.92 Å². The van der Waals surface area contributed by atoms with Crippen molar-refractivity contribution in [3.05, 3.63) is 29.0 Å². The minimum atomic E-state index is -0.579. The zero-order chi connectivity index (χ0) is 20.9. The van der Waals surface area contributed by atoms with E-state index in [9.17, 15) is 14.0 Å². The summed E-state index contributed by atoms with van der Waals surface area (Å²) in [6.07, 6.45) is 7.03. The van der Waals surface area contributed by atoms with Crippen molar-refractivity contribution in [2.45, 2.75) is 62.1 Å². The standard InChI is InChI=1S/C22H27ClFN3O3/c23-17-5-4-16(8-18(17)24)30-10-19(28)25-21-11-22(12-21,13-21)26-20(29)14-7-15-3-1-2-6-27(15)9-14/h4-5,8,14-15H,1-3,6-7,9-13H2,(H,25,28)(H,26,29). The summed E-state index contributed by atoms with van der Waals surface area (Å²) >= 11 is 5.64. The summed E-state index contributed by atoms with van der Waals surface area (Å²) in [5, 5.41) is 6.31. The van der Waals surface area contributed by atoms with E-state index in [0.717, 1.165) is 44.8 Å². The summed E-state index contributed by atoms with van der Waals surface area (Å²) in [5.41, 5.74) is -0.375. The number of nitrogens with zero attached hydrogens (tertiary/aromatic N) is 1. The number of halogens is 2. The fourth-order valence-corrected chi connectivity index (χ4v) is 6.02. The summed E-state index contributed by atoms with van der Waals surface area (Å²) in [7, 11) is 0. The molecule has 5 fully saturated rings. The van der Waals surface area contributed by atoms with Crippen molar-refractivity contribution in [1.29, 1.82) is 0 Å². The number of nitrogens with one attached hydrogen (secondary N) is 2. The fourth-order valence-electron chi connectivity index (χ4n) is 5.91. The summed E-state index contributed by atoms with van der Waals surface area (Å²) in [5.74, 6) is -0.276. The van der Waals surface area contributed by atoms with Gasteiger partial charge in [0.1, 0.15) is 11.6 Å². The van der Waals surface area contributed by atoms with E-state index in [1.807, 2.05) is 0 Å². The van der Waals surface area contributed by atoms with Gasteiger partial charge in [-0.15, -0.1) is 0 Å². The third kappa shape index (κ3) is 3.66. The van der Waals surface area contributed by atoms with Crippen LogP contribution in [0.2, 0.25) is 5.02 Å². The third-order valence-corrected chi connectivity index (χ3v) is 7.52. The Balaban J connectivity index is 1.06. The lowest BCUT2D eigenvalue weighted by Crippen LogP contribution is -2.84. The first-order chi connectivity index (χ1) is 14.4. The molecule has 2 saturated heterocycles. The second-order valence-electron chi connectivity index (χ2n) is 9.57. The van der Waals surface area contributed by atoms with Crippen LogP contribution in [-0.4, -0.2) is 53.5 Å². The van der Waals surface area contributed by atoms with Crippen LogP contribution in [0.15, 0.2) is 18.2 Å². The van der Waals surface area contributed by atoms with Gasteiger partial charge in [-0.2, -0.15) is 0 Å². The summed E-state index contributed by atoms with van der Waals surface area (Å²) in [4.78, 5) is 27.5. The first-order valence-electron chi connectivity index (χ1n) is 10.8. The van der Waals surface area contributed by atoms with Gasteiger partial charge < -0.3 is 15.4 Å². The molecule has 0 radical (unpaired) electrons. The first-order valence-corrected chi connectivity index (χ1v) is 11.2. The Morgan fingerprint density at radius 1 is 1.20 bits per heavy atom. The Hall–Kier alpha value is -1.86. The molecular weight excluding hydrogens is 409 g/mol. The number of benzene rings is 1. The summed E-state index contributed by atoms with van der Waals surface area (Å²) < 4.78 is 18.8. The monoisotopic (exact) mass is 435 g/mol. The Morgan fingerprint density at radius 2 is 1.97 bits per heavy atom. The van der Waals surface area contributed by atoms with Crippen LogP contribution < -0.4 is 15.4 Å². The lowest BCUT2D eigenvalue weighted by atomic mass is 9.44. The molecule has 2 bridgehead atoms. The number of ether oxygens (including phenoxy) is 1. The number of carbonyl (C=O) groups excluding carboxylic acids is 2. The van der Waals surface area contributed by atoms with Gasteiger partial charge in [-0.25, -0.2) is 4.39 Å². The van der Waals surface area contributed by atoms with Gasteiger partial charge in [0, 0.05) is 29.7 Å². The van der Waals surface area contributed by atoms with Gasteiger partial charge >= 0.3 is 0 Å². The molecule has 8 heteroatoms. The normalized spacial score (nSPS) is 34.3. The number of fused-ring (bicyclic) bond motifs is 1. The molecule has 2 atom stereocenters. The maximum Gasteiger partial charge on any atom is 0.258 e. The molecule has 0 aromatic heterocycles. The van der Waals surface area contributed by atoms with E-state index in [2.05, 4.69) is 15.5 Å². The molecule has 5 aliphatic rings. The van der Waals surface area contributed by atoms with Gasteiger partial charge in [0.15, 0.2) is 6.61 Å². The molecule has 30 heavy (non-hydrogen) atoms. The molecule has 1 aromatic rings. The number of hydrogen-bond acceptors (Lipinski definition) is 4. The molecular formula is C22H27ClFN3O3. The highest BCUT2D eigenvalue weighted by atomic mass is 35.5. The topological polar surface area (TPSA) is 70.7 Å². The Bertz CT molecular complexity index is 845. The smallest absolute Gasteiger partial charge is 0.258 e. The van der Waals surface area contributed by atoms with Crippen LogP contribution in [-0.2, 0) is 9.59 Å². The first kappa shape index (κ1) is 20.1. The zero-order valence-electron chi connectivity index (χ0n) is 16.9. The minimum absolute atomic E-state index is 0.0153. The molecule has 6 rings (SSSR count). The van der Waals surface area contributed by atoms with E-state index in [1.54, 1.807) is 0 Å². The quantitative estimate of drug-likeness (QED) is 0.720. The van der Waals surface area contributed by atoms with Gasteiger partial charge in [-0.05, 0) is 57.2 Å². The Morgan fingerprint density at radius 3 is 2.70 bits per heavy atom. The fraction of sp³-hybridized carbons (Fsp3) is 0.636. The molecule has 3 saturated carbocycles. The van der Waals surface area contributed by atoms with Gasteiger partial charge in [0.25, 0.3) is 5.91 Å². The lowest BCUT2D eigenvalue weighted by molar-refractivity contribution is -0.152. The third-order valence-electron chi connectivity index (χ3n) is 7.22. The van der Waals surface area contributed by atoms with E-state index in [4.69, 9.17) is 16.3 Å². The minimum Gasteiger partial charge on any atom is -0.484 e. The van der Waals surface area contributed by atoms with E-state index in [0.29, 0.717) is 6.04 Å². The molecule has 2 N–H and O–H groups in total. The maximum absolute atomic E-state index is 13.4. The van der Waals surface area contributed by atoms with Crippen LogP contribution in [0.1, 0.15) is 44.9 Å². The largest absolute Gasteiger partial charge is 0.484 e. The highest BCUT2D eigenvalue weighted by molar-refractivity contribution is 6.30. The van der Waals surface area contributed by atoms with Crippen LogP contribution in [0.25, 0.3) is 0 Å². The number of carbonyl (C=O) groups is 2. The van der Waals surface area contributed by atoms with Gasteiger partial charge in [0.05, 0.1) is 10.9 Å². The summed E-state index contributed by atoms with van der Waals surface area (Å²) in [6.45, 7) is 1.83. The Labute approximate surface area is 180 Å². The average molecular weight is 436 g/mol. The molecule has 3 aliphatic carbocycles. The molecule has 0 spiro atoms. The van der Waals surface area contributed by atoms with Crippen molar-refractivity contribution in [1.82, 2.24) is 15.5 Å². The highest BCUT2D eigenvalue weighted by Gasteiger charge is 2.69. The van der Waals surface area contributed by atoms with Gasteiger partial charge in [0.2, 0.25) is 5.91 Å². The number of rotatable bonds is 6. The van der Waals surface area contributed by atoms with Crippen molar-refractivity contribution >= 4 is 23.4 Å². The molecule has 6 nitrogen and oxygen atoms in total. The molecule has 162 valence electrons. The second kappa shape index (κ2) is 7.38.